The molecule has 0 radical (unpaired) electrons. The van der Waals surface area contributed by atoms with Crippen molar-refractivity contribution in [3.63, 3.8) is 0 Å². The summed E-state index contributed by atoms with van der Waals surface area (Å²) >= 11 is 0. The number of nitrogens with zero attached hydrogens (tertiary/aromatic N) is 2. The highest BCUT2D eigenvalue weighted by atomic mass is 16.5. The van der Waals surface area contributed by atoms with Gasteiger partial charge < -0.3 is 20.3 Å². The van der Waals surface area contributed by atoms with E-state index in [1.165, 1.54) is 0 Å². The molecule has 0 bridgehead atoms. The molecule has 26 heavy (non-hydrogen) atoms. The normalized spacial score (nSPS) is 15.9. The van der Waals surface area contributed by atoms with E-state index in [0.717, 1.165) is 56.2 Å². The van der Waals surface area contributed by atoms with E-state index in [4.69, 9.17) is 4.74 Å². The van der Waals surface area contributed by atoms with Crippen molar-refractivity contribution in [2.45, 2.75) is 52.1 Å². The van der Waals surface area contributed by atoms with Gasteiger partial charge in [-0.15, -0.1) is 0 Å². The number of rotatable bonds is 9. The van der Waals surface area contributed by atoms with Gasteiger partial charge in [0.05, 0.1) is 13.7 Å². The van der Waals surface area contributed by atoms with Gasteiger partial charge in [-0.3, -0.25) is 4.79 Å². The maximum Gasteiger partial charge on any atom is 0.222 e. The molecule has 0 aliphatic carbocycles. The van der Waals surface area contributed by atoms with Crippen molar-refractivity contribution in [3.8, 4) is 5.75 Å². The molecule has 144 valence electrons. The molecule has 0 spiro atoms. The molecule has 2 N–H and O–H groups in total. The van der Waals surface area contributed by atoms with Crippen molar-refractivity contribution >= 4 is 11.9 Å². The third-order valence-electron chi connectivity index (χ3n) is 4.72. The number of hydrogen-bond donors (Lipinski definition) is 2. The molecular formula is C20H32N4O2. The molecule has 1 aromatic rings. The number of nitrogens with one attached hydrogen (secondary N) is 2. The van der Waals surface area contributed by atoms with Gasteiger partial charge in [-0.2, -0.15) is 0 Å². The maximum absolute atomic E-state index is 11.9. The van der Waals surface area contributed by atoms with Crippen LogP contribution in [0, 0.1) is 0 Å². The Labute approximate surface area is 157 Å². The van der Waals surface area contributed by atoms with E-state index in [2.05, 4.69) is 29.5 Å². The van der Waals surface area contributed by atoms with Crippen LogP contribution in [0.5, 0.6) is 5.75 Å². The average Bonchev–Trinajstić information content (AvgIpc) is 3.09. The van der Waals surface area contributed by atoms with E-state index in [9.17, 15) is 4.79 Å². The molecule has 0 saturated carbocycles. The molecule has 1 aromatic carbocycles. The molecule has 0 aromatic heterocycles. The van der Waals surface area contributed by atoms with Crippen molar-refractivity contribution in [2.24, 2.45) is 4.99 Å². The number of likely N-dealkylation sites (tertiary alicyclic amines) is 1. The van der Waals surface area contributed by atoms with Crippen molar-refractivity contribution < 1.29 is 9.53 Å². The molecule has 1 unspecified atom stereocenters. The highest BCUT2D eigenvalue weighted by Gasteiger charge is 2.26. The van der Waals surface area contributed by atoms with E-state index in [0.29, 0.717) is 24.9 Å². The largest absolute Gasteiger partial charge is 0.497 e. The number of methoxy groups -OCH3 is 1. The fourth-order valence-corrected chi connectivity index (χ4v) is 3.24. The quantitative estimate of drug-likeness (QED) is 0.525. The predicted molar refractivity (Wildman–Crippen MR) is 105 cm³/mol. The van der Waals surface area contributed by atoms with E-state index in [1.54, 1.807) is 7.11 Å². The molecule has 1 saturated heterocycles. The SMILES string of the molecule is CCNC(=NCc1ccc(OC)cc1)NCCC(CC)N1CCCC1=O. The monoisotopic (exact) mass is 360 g/mol. The Morgan fingerprint density at radius 3 is 2.62 bits per heavy atom. The maximum atomic E-state index is 11.9. The van der Waals surface area contributed by atoms with Crippen LogP contribution >= 0.6 is 0 Å². The summed E-state index contributed by atoms with van der Waals surface area (Å²) in [5.41, 5.74) is 1.14. The minimum Gasteiger partial charge on any atom is -0.497 e. The van der Waals surface area contributed by atoms with Crippen LogP contribution in [0.15, 0.2) is 29.3 Å². The first-order valence-corrected chi connectivity index (χ1v) is 9.62. The van der Waals surface area contributed by atoms with Gasteiger partial charge in [0, 0.05) is 32.1 Å². The fraction of sp³-hybridized carbons (Fsp3) is 0.600. The van der Waals surface area contributed by atoms with Crippen molar-refractivity contribution in [1.82, 2.24) is 15.5 Å². The topological polar surface area (TPSA) is 66.0 Å². The van der Waals surface area contributed by atoms with E-state index in [-0.39, 0.29) is 0 Å². The molecule has 6 heteroatoms. The zero-order valence-electron chi connectivity index (χ0n) is 16.3. The first kappa shape index (κ1) is 20.1. The number of guanidine groups is 1. The molecule has 1 amide bonds. The Kier molecular flexibility index (Phi) is 8.25. The van der Waals surface area contributed by atoms with E-state index < -0.39 is 0 Å². The summed E-state index contributed by atoms with van der Waals surface area (Å²) in [6.07, 6.45) is 3.63. The van der Waals surface area contributed by atoms with Crippen molar-refractivity contribution in [1.29, 1.82) is 0 Å². The Bertz CT molecular complexity index is 586. The lowest BCUT2D eigenvalue weighted by Crippen LogP contribution is -2.42. The second-order valence-electron chi connectivity index (χ2n) is 6.51. The lowest BCUT2D eigenvalue weighted by atomic mass is 10.1. The van der Waals surface area contributed by atoms with Crippen molar-refractivity contribution in [3.05, 3.63) is 29.8 Å². The van der Waals surface area contributed by atoms with E-state index in [1.807, 2.05) is 29.2 Å². The van der Waals surface area contributed by atoms with Crippen LogP contribution in [-0.2, 0) is 11.3 Å². The standard InChI is InChI=1S/C20H32N4O2/c1-4-17(24-14-6-7-19(24)25)12-13-22-20(21-5-2)23-15-16-8-10-18(26-3)11-9-16/h8-11,17H,4-7,12-15H2,1-3H3,(H2,21,22,23). The molecule has 6 nitrogen and oxygen atoms in total. The number of amides is 1. The number of carbonyl (C=O) groups excluding carboxylic acids is 1. The number of aliphatic imine (C=N–C) groups is 1. The van der Waals surface area contributed by atoms with E-state index >= 15 is 0 Å². The Morgan fingerprint density at radius 2 is 2.04 bits per heavy atom. The summed E-state index contributed by atoms with van der Waals surface area (Å²) < 4.78 is 5.18. The van der Waals surface area contributed by atoms with Gasteiger partial charge in [-0.1, -0.05) is 19.1 Å². The van der Waals surface area contributed by atoms with Crippen LogP contribution in [0.3, 0.4) is 0 Å². The van der Waals surface area contributed by atoms with Gasteiger partial charge in [0.25, 0.3) is 0 Å². The van der Waals surface area contributed by atoms with Crippen LogP contribution in [0.1, 0.15) is 45.1 Å². The Morgan fingerprint density at radius 1 is 1.27 bits per heavy atom. The minimum absolute atomic E-state index is 0.303. The second-order valence-corrected chi connectivity index (χ2v) is 6.51. The zero-order chi connectivity index (χ0) is 18.8. The highest BCUT2D eigenvalue weighted by molar-refractivity contribution is 5.80. The molecule has 1 fully saturated rings. The molecule has 1 heterocycles. The molecule has 1 aliphatic rings. The summed E-state index contributed by atoms with van der Waals surface area (Å²) in [6.45, 7) is 7.35. The molecule has 2 rings (SSSR count). The van der Waals surface area contributed by atoms with Crippen LogP contribution in [0.4, 0.5) is 0 Å². The van der Waals surface area contributed by atoms with Gasteiger partial charge in [0.1, 0.15) is 5.75 Å². The Balaban J connectivity index is 1.84. The third kappa shape index (κ3) is 5.93. The smallest absolute Gasteiger partial charge is 0.222 e. The van der Waals surface area contributed by atoms with Crippen molar-refractivity contribution in [2.75, 3.05) is 26.7 Å². The van der Waals surface area contributed by atoms with Gasteiger partial charge in [0.2, 0.25) is 5.91 Å². The Hall–Kier alpha value is -2.24. The van der Waals surface area contributed by atoms with Crippen LogP contribution in [0.25, 0.3) is 0 Å². The van der Waals surface area contributed by atoms with Crippen LogP contribution < -0.4 is 15.4 Å². The summed E-state index contributed by atoms with van der Waals surface area (Å²) in [5, 5.41) is 6.67. The zero-order valence-corrected chi connectivity index (χ0v) is 16.3. The lowest BCUT2D eigenvalue weighted by molar-refractivity contribution is -0.129. The van der Waals surface area contributed by atoms with Crippen LogP contribution in [0.2, 0.25) is 0 Å². The minimum atomic E-state index is 0.303. The fourth-order valence-electron chi connectivity index (χ4n) is 3.24. The van der Waals surface area contributed by atoms with Gasteiger partial charge >= 0.3 is 0 Å². The first-order valence-electron chi connectivity index (χ1n) is 9.62. The molecule has 1 atom stereocenters. The number of ether oxygens (including phenoxy) is 1. The average molecular weight is 361 g/mol. The number of benzene rings is 1. The molecule has 1 aliphatic heterocycles. The summed E-state index contributed by atoms with van der Waals surface area (Å²) in [6, 6.07) is 8.27. The highest BCUT2D eigenvalue weighted by Crippen LogP contribution is 2.17. The van der Waals surface area contributed by atoms with Gasteiger partial charge in [0.15, 0.2) is 5.96 Å². The first-order chi connectivity index (χ1) is 12.7. The third-order valence-corrected chi connectivity index (χ3v) is 4.72. The second kappa shape index (κ2) is 10.7. The summed E-state index contributed by atoms with van der Waals surface area (Å²) in [5.74, 6) is 1.97. The summed E-state index contributed by atoms with van der Waals surface area (Å²) in [7, 11) is 1.67. The molecular weight excluding hydrogens is 328 g/mol. The summed E-state index contributed by atoms with van der Waals surface area (Å²) in [4.78, 5) is 18.6. The van der Waals surface area contributed by atoms with Crippen LogP contribution in [-0.4, -0.2) is 49.6 Å². The lowest BCUT2D eigenvalue weighted by Gasteiger charge is -2.27. The number of carbonyl (C=O) groups is 1. The van der Waals surface area contributed by atoms with Gasteiger partial charge in [-0.05, 0) is 43.9 Å². The van der Waals surface area contributed by atoms with Gasteiger partial charge in [-0.25, -0.2) is 4.99 Å². The predicted octanol–water partition coefficient (Wildman–Crippen LogP) is 2.54. The number of hydrogen-bond acceptors (Lipinski definition) is 3.